The lowest BCUT2D eigenvalue weighted by atomic mass is 10.1. The van der Waals surface area contributed by atoms with E-state index in [4.69, 9.17) is 5.11 Å². The van der Waals surface area contributed by atoms with Gasteiger partial charge in [-0.05, 0) is 32.0 Å². The zero-order chi connectivity index (χ0) is 16.3. The van der Waals surface area contributed by atoms with E-state index in [2.05, 4.69) is 52.5 Å². The Hall–Kier alpha value is -0.940. The van der Waals surface area contributed by atoms with Gasteiger partial charge in [-0.25, -0.2) is 0 Å². The maximum absolute atomic E-state index is 8.84. The van der Waals surface area contributed by atoms with Crippen molar-refractivity contribution in [3.63, 3.8) is 0 Å². The van der Waals surface area contributed by atoms with Gasteiger partial charge in [0.2, 0.25) is 0 Å². The van der Waals surface area contributed by atoms with Crippen LogP contribution >= 0.6 is 0 Å². The van der Waals surface area contributed by atoms with E-state index >= 15 is 0 Å². The molecule has 0 radical (unpaired) electrons. The molecule has 1 fully saturated rings. The van der Waals surface area contributed by atoms with Crippen LogP contribution in [0.15, 0.2) is 30.3 Å². The largest absolute Gasteiger partial charge is 0.396 e. The number of rotatable bonds is 10. The van der Waals surface area contributed by atoms with Gasteiger partial charge < -0.3 is 15.3 Å². The van der Waals surface area contributed by atoms with Gasteiger partial charge in [0.15, 0.2) is 0 Å². The van der Waals surface area contributed by atoms with Crippen molar-refractivity contribution < 1.29 is 5.11 Å². The lowest BCUT2D eigenvalue weighted by molar-refractivity contribution is 0.142. The average molecular weight is 319 g/mol. The summed E-state index contributed by atoms with van der Waals surface area (Å²) in [5, 5.41) is 12.6. The molecule has 4 heteroatoms. The van der Waals surface area contributed by atoms with Crippen LogP contribution in [-0.2, 0) is 0 Å². The van der Waals surface area contributed by atoms with Gasteiger partial charge in [0.05, 0.1) is 0 Å². The van der Waals surface area contributed by atoms with Crippen molar-refractivity contribution in [1.82, 2.24) is 15.1 Å². The Labute approximate surface area is 141 Å². The lowest BCUT2D eigenvalue weighted by Gasteiger charge is -2.35. The monoisotopic (exact) mass is 319 g/mol. The van der Waals surface area contributed by atoms with Crippen LogP contribution in [0.25, 0.3) is 0 Å². The van der Waals surface area contributed by atoms with E-state index in [1.807, 2.05) is 0 Å². The molecule has 1 aromatic carbocycles. The van der Waals surface area contributed by atoms with Crippen LogP contribution in [-0.4, -0.2) is 67.8 Å². The topological polar surface area (TPSA) is 38.7 Å². The van der Waals surface area contributed by atoms with E-state index < -0.39 is 0 Å². The van der Waals surface area contributed by atoms with E-state index in [9.17, 15) is 0 Å². The van der Waals surface area contributed by atoms with E-state index in [-0.39, 0.29) is 0 Å². The maximum Gasteiger partial charge on any atom is 0.0449 e. The van der Waals surface area contributed by atoms with Crippen molar-refractivity contribution in [3.8, 4) is 0 Å². The summed E-state index contributed by atoms with van der Waals surface area (Å²) >= 11 is 0. The quantitative estimate of drug-likeness (QED) is 0.648. The van der Waals surface area contributed by atoms with Gasteiger partial charge in [-0.1, -0.05) is 43.2 Å². The molecule has 0 spiro atoms. The minimum atomic E-state index is 0.323. The molecule has 1 aliphatic heterocycles. The summed E-state index contributed by atoms with van der Waals surface area (Å²) in [5.74, 6) is 0. The molecular weight excluding hydrogens is 286 g/mol. The first-order chi connectivity index (χ1) is 11.3. The van der Waals surface area contributed by atoms with E-state index in [0.29, 0.717) is 12.6 Å². The third-order valence-electron chi connectivity index (χ3n) is 4.71. The first kappa shape index (κ1) is 18.4. The summed E-state index contributed by atoms with van der Waals surface area (Å²) in [4.78, 5) is 4.99. The lowest BCUT2D eigenvalue weighted by Crippen LogP contribution is -2.47. The summed E-state index contributed by atoms with van der Waals surface area (Å²) < 4.78 is 0. The van der Waals surface area contributed by atoms with Crippen LogP contribution in [0.5, 0.6) is 0 Å². The molecular formula is C19H33N3O. The third kappa shape index (κ3) is 7.00. The molecule has 130 valence electrons. The summed E-state index contributed by atoms with van der Waals surface area (Å²) in [6.07, 6.45) is 4.45. The fourth-order valence-electron chi connectivity index (χ4n) is 3.13. The normalized spacial score (nSPS) is 18.2. The van der Waals surface area contributed by atoms with Gasteiger partial charge in [0.25, 0.3) is 0 Å². The molecule has 0 amide bonds. The number of unbranched alkanes of at least 4 members (excludes halogenated alkanes) is 3. The van der Waals surface area contributed by atoms with Crippen molar-refractivity contribution in [3.05, 3.63) is 35.9 Å². The number of aliphatic hydroxyl groups is 1. The summed E-state index contributed by atoms with van der Waals surface area (Å²) in [5.41, 5.74) is 1.39. The van der Waals surface area contributed by atoms with Gasteiger partial charge in [-0.2, -0.15) is 0 Å². The van der Waals surface area contributed by atoms with E-state index in [1.165, 1.54) is 31.5 Å². The maximum atomic E-state index is 8.84. The molecule has 0 aromatic heterocycles. The molecule has 0 bridgehead atoms. The molecule has 0 saturated carbocycles. The third-order valence-corrected chi connectivity index (χ3v) is 4.71. The highest BCUT2D eigenvalue weighted by Crippen LogP contribution is 2.15. The molecule has 1 heterocycles. The highest BCUT2D eigenvalue weighted by Gasteiger charge is 2.19. The molecule has 2 N–H and O–H groups in total. The number of aliphatic hydroxyl groups excluding tert-OH is 1. The molecule has 1 aliphatic rings. The van der Waals surface area contributed by atoms with Crippen molar-refractivity contribution in [1.29, 1.82) is 0 Å². The molecule has 4 nitrogen and oxygen atoms in total. The Bertz CT molecular complexity index is 404. The Morgan fingerprint density at radius 1 is 1.00 bits per heavy atom. The molecule has 0 aliphatic carbocycles. The van der Waals surface area contributed by atoms with E-state index in [0.717, 1.165) is 39.0 Å². The zero-order valence-electron chi connectivity index (χ0n) is 14.6. The Morgan fingerprint density at radius 3 is 2.39 bits per heavy atom. The van der Waals surface area contributed by atoms with Crippen molar-refractivity contribution in [2.45, 2.75) is 31.7 Å². The highest BCUT2D eigenvalue weighted by atomic mass is 16.2. The molecule has 1 atom stereocenters. The SMILES string of the molecule is CN1CCN(C[C@H](NCCCCCCO)c2ccccc2)CC1. The van der Waals surface area contributed by atoms with Crippen LogP contribution in [0, 0.1) is 0 Å². The second-order valence-electron chi connectivity index (χ2n) is 6.66. The number of likely N-dealkylation sites (N-methyl/N-ethyl adjacent to an activating group) is 1. The summed E-state index contributed by atoms with van der Waals surface area (Å²) in [6, 6.07) is 11.2. The van der Waals surface area contributed by atoms with Crippen LogP contribution in [0.4, 0.5) is 0 Å². The Kier molecular flexibility index (Phi) is 8.61. The summed E-state index contributed by atoms with van der Waals surface area (Å²) in [6.45, 7) is 7.14. The minimum absolute atomic E-state index is 0.323. The molecule has 23 heavy (non-hydrogen) atoms. The predicted molar refractivity (Wildman–Crippen MR) is 96.7 cm³/mol. The zero-order valence-corrected chi connectivity index (χ0v) is 14.6. The van der Waals surface area contributed by atoms with Crippen LogP contribution in [0.2, 0.25) is 0 Å². The predicted octanol–water partition coefficient (Wildman–Crippen LogP) is 2.12. The number of nitrogens with zero attached hydrogens (tertiary/aromatic N) is 2. The fraction of sp³-hybridized carbons (Fsp3) is 0.684. The van der Waals surface area contributed by atoms with Gasteiger partial charge in [0, 0.05) is 45.4 Å². The molecule has 1 aromatic rings. The minimum Gasteiger partial charge on any atom is -0.396 e. The number of hydrogen-bond donors (Lipinski definition) is 2. The van der Waals surface area contributed by atoms with Crippen LogP contribution < -0.4 is 5.32 Å². The first-order valence-corrected chi connectivity index (χ1v) is 9.09. The Balaban J connectivity index is 1.80. The van der Waals surface area contributed by atoms with Gasteiger partial charge in [-0.3, -0.25) is 4.90 Å². The molecule has 0 unspecified atom stereocenters. The van der Waals surface area contributed by atoms with Crippen molar-refractivity contribution in [2.24, 2.45) is 0 Å². The smallest absolute Gasteiger partial charge is 0.0449 e. The van der Waals surface area contributed by atoms with Crippen LogP contribution in [0.3, 0.4) is 0 Å². The number of nitrogens with one attached hydrogen (secondary N) is 1. The van der Waals surface area contributed by atoms with Crippen LogP contribution in [0.1, 0.15) is 37.3 Å². The Morgan fingerprint density at radius 2 is 1.70 bits per heavy atom. The van der Waals surface area contributed by atoms with E-state index in [1.54, 1.807) is 0 Å². The average Bonchev–Trinajstić information content (AvgIpc) is 2.59. The first-order valence-electron chi connectivity index (χ1n) is 9.09. The number of piperazine rings is 1. The second kappa shape index (κ2) is 10.8. The van der Waals surface area contributed by atoms with Crippen molar-refractivity contribution in [2.75, 3.05) is 52.9 Å². The molecule has 2 rings (SSSR count). The second-order valence-corrected chi connectivity index (χ2v) is 6.66. The highest BCUT2D eigenvalue weighted by molar-refractivity contribution is 5.19. The summed E-state index contributed by atoms with van der Waals surface area (Å²) in [7, 11) is 2.21. The van der Waals surface area contributed by atoms with Gasteiger partial charge in [0.1, 0.15) is 0 Å². The molecule has 1 saturated heterocycles. The number of hydrogen-bond acceptors (Lipinski definition) is 4. The van der Waals surface area contributed by atoms with Crippen molar-refractivity contribution >= 4 is 0 Å². The van der Waals surface area contributed by atoms with Gasteiger partial charge in [-0.15, -0.1) is 0 Å². The van der Waals surface area contributed by atoms with Gasteiger partial charge >= 0.3 is 0 Å². The fourth-order valence-corrected chi connectivity index (χ4v) is 3.13. The standard InChI is InChI=1S/C19H33N3O/c1-21-12-14-22(15-13-21)17-19(18-9-5-4-6-10-18)20-11-7-2-3-8-16-23/h4-6,9-10,19-20,23H,2-3,7-8,11-17H2,1H3/t19-/m0/s1. The number of benzene rings is 1.